The first-order valence-electron chi connectivity index (χ1n) is 11.7. The fourth-order valence-electron chi connectivity index (χ4n) is 4.35. The zero-order valence-electron chi connectivity index (χ0n) is 20.0. The molecule has 0 radical (unpaired) electrons. The predicted molar refractivity (Wildman–Crippen MR) is 146 cm³/mol. The highest BCUT2D eigenvalue weighted by atomic mass is 16.1. The van der Waals surface area contributed by atoms with Crippen LogP contribution in [0.4, 0.5) is 28.8 Å². The summed E-state index contributed by atoms with van der Waals surface area (Å²) in [6, 6.07) is 21.5. The van der Waals surface area contributed by atoms with Gasteiger partial charge in [-0.15, -0.1) is 6.42 Å². The lowest BCUT2D eigenvalue weighted by Crippen LogP contribution is -2.44. The molecule has 1 aliphatic rings. The maximum atomic E-state index is 11.6. The highest BCUT2D eigenvalue weighted by molar-refractivity contribution is 6.04. The maximum Gasteiger partial charge on any atom is 0.300 e. The third-order valence-electron chi connectivity index (χ3n) is 6.31. The highest BCUT2D eigenvalue weighted by Crippen LogP contribution is 2.32. The summed E-state index contributed by atoms with van der Waals surface area (Å²) < 4.78 is 0. The van der Waals surface area contributed by atoms with Gasteiger partial charge in [-0.1, -0.05) is 24.3 Å². The van der Waals surface area contributed by atoms with Crippen LogP contribution < -0.4 is 21.3 Å². The molecule has 1 aliphatic heterocycles. The molecule has 3 aromatic carbocycles. The number of fused-ring (bicyclic) bond motifs is 1. The number of carbonyl (C=O) groups is 1. The van der Waals surface area contributed by atoms with Crippen LogP contribution in [0.15, 0.2) is 66.7 Å². The van der Waals surface area contributed by atoms with Crippen LogP contribution in [0, 0.1) is 12.3 Å². The van der Waals surface area contributed by atoms with Crippen LogP contribution >= 0.6 is 0 Å². The summed E-state index contributed by atoms with van der Waals surface area (Å²) >= 11 is 0. The molecule has 2 heterocycles. The molecule has 4 aromatic rings. The molecule has 0 aliphatic carbocycles. The second-order valence-electron chi connectivity index (χ2n) is 8.78. The summed E-state index contributed by atoms with van der Waals surface area (Å²) in [4.78, 5) is 25.6. The smallest absolute Gasteiger partial charge is 0.300 e. The van der Waals surface area contributed by atoms with E-state index >= 15 is 0 Å². The number of carbonyl (C=O) groups excluding carboxylic acids is 1. The average molecular weight is 478 g/mol. The van der Waals surface area contributed by atoms with E-state index < -0.39 is 5.91 Å². The number of hydrogen-bond acceptors (Lipinski definition) is 7. The van der Waals surface area contributed by atoms with Gasteiger partial charge in [-0.2, -0.15) is 4.98 Å². The summed E-state index contributed by atoms with van der Waals surface area (Å²) in [6.07, 6.45) is 5.19. The predicted octanol–water partition coefficient (Wildman–Crippen LogP) is 3.95. The van der Waals surface area contributed by atoms with E-state index in [1.54, 1.807) is 6.07 Å². The molecule has 5 rings (SSSR count). The largest absolute Gasteiger partial charge is 0.383 e. The van der Waals surface area contributed by atoms with Crippen LogP contribution in [-0.2, 0) is 4.79 Å². The Bertz CT molecular complexity index is 1450. The number of amides is 1. The van der Waals surface area contributed by atoms with Gasteiger partial charge in [-0.25, -0.2) is 4.98 Å². The number of piperazine rings is 1. The number of nitrogen functional groups attached to an aromatic ring is 1. The number of nitrogens with two attached hydrogens (primary N) is 1. The minimum Gasteiger partial charge on any atom is -0.383 e. The van der Waals surface area contributed by atoms with E-state index in [1.165, 1.54) is 5.69 Å². The number of aromatic nitrogens is 2. The highest BCUT2D eigenvalue weighted by Gasteiger charge is 2.15. The van der Waals surface area contributed by atoms with Crippen LogP contribution in [-0.4, -0.2) is 54.0 Å². The van der Waals surface area contributed by atoms with Crippen molar-refractivity contribution in [2.75, 3.05) is 54.5 Å². The first-order chi connectivity index (χ1) is 17.5. The van der Waals surface area contributed by atoms with Crippen LogP contribution in [0.25, 0.3) is 22.0 Å². The monoisotopic (exact) mass is 477 g/mol. The Morgan fingerprint density at radius 1 is 0.972 bits per heavy atom. The molecule has 0 unspecified atom stereocenters. The van der Waals surface area contributed by atoms with Crippen molar-refractivity contribution in [3.63, 3.8) is 0 Å². The fraction of sp³-hybridized carbons (Fsp3) is 0.179. The molecule has 0 saturated carbocycles. The third-order valence-corrected chi connectivity index (χ3v) is 6.31. The minimum atomic E-state index is -0.498. The molecule has 0 atom stereocenters. The quantitative estimate of drug-likeness (QED) is 0.374. The number of para-hydroxylation sites is 1. The summed E-state index contributed by atoms with van der Waals surface area (Å²) in [5.41, 5.74) is 11.5. The molecule has 1 aromatic heterocycles. The fourth-order valence-corrected chi connectivity index (χ4v) is 4.35. The second-order valence-corrected chi connectivity index (χ2v) is 8.78. The van der Waals surface area contributed by atoms with Gasteiger partial charge in [0.2, 0.25) is 5.95 Å². The molecule has 180 valence electrons. The molecule has 1 amide bonds. The van der Waals surface area contributed by atoms with Crippen molar-refractivity contribution >= 4 is 45.6 Å². The Hall–Kier alpha value is -4.61. The average Bonchev–Trinajstić information content (AvgIpc) is 2.89. The normalized spacial score (nSPS) is 13.8. The number of nitrogens with one attached hydrogen (secondary N) is 2. The Labute approximate surface area is 210 Å². The molecule has 4 N–H and O–H groups in total. The summed E-state index contributed by atoms with van der Waals surface area (Å²) in [6.45, 7) is 4.16. The number of likely N-dealkylation sites (N-methyl/N-ethyl adjacent to an activating group) is 1. The van der Waals surface area contributed by atoms with E-state index in [0.29, 0.717) is 23.0 Å². The lowest BCUT2D eigenvalue weighted by molar-refractivity contribution is -0.111. The van der Waals surface area contributed by atoms with Crippen molar-refractivity contribution in [2.24, 2.45) is 0 Å². The Morgan fingerprint density at radius 2 is 1.72 bits per heavy atom. The van der Waals surface area contributed by atoms with E-state index in [1.807, 2.05) is 48.5 Å². The second kappa shape index (κ2) is 9.94. The molecule has 0 bridgehead atoms. The number of nitrogens with zero attached hydrogens (tertiary/aromatic N) is 4. The molecule has 1 saturated heterocycles. The standard InChI is InChI=1S/C28H27N7O/c1-3-25(36)30-21-7-4-6-19(18-21)23-8-5-9-24-26(23)32-28(33-27(24)29)31-20-10-12-22(13-11-20)35-16-14-34(2)15-17-35/h1,4-13,18H,14-17H2,2H3,(H,30,36)(H3,29,31,32,33). The van der Waals surface area contributed by atoms with Crippen molar-refractivity contribution in [3.05, 3.63) is 66.7 Å². The lowest BCUT2D eigenvalue weighted by Gasteiger charge is -2.34. The van der Waals surface area contributed by atoms with Gasteiger partial charge in [0.25, 0.3) is 5.91 Å². The Morgan fingerprint density at radius 3 is 2.47 bits per heavy atom. The summed E-state index contributed by atoms with van der Waals surface area (Å²) in [7, 11) is 2.15. The van der Waals surface area contributed by atoms with Gasteiger partial charge in [0, 0.05) is 54.2 Å². The van der Waals surface area contributed by atoms with Crippen molar-refractivity contribution in [1.82, 2.24) is 14.9 Å². The number of benzene rings is 3. The molecular formula is C28H27N7O. The maximum absolute atomic E-state index is 11.6. The van der Waals surface area contributed by atoms with Gasteiger partial charge in [-0.3, -0.25) is 4.79 Å². The van der Waals surface area contributed by atoms with Crippen molar-refractivity contribution in [3.8, 4) is 23.5 Å². The number of rotatable bonds is 5. The van der Waals surface area contributed by atoms with Crippen molar-refractivity contribution in [1.29, 1.82) is 0 Å². The molecule has 8 heteroatoms. The van der Waals surface area contributed by atoms with Crippen LogP contribution in [0.5, 0.6) is 0 Å². The van der Waals surface area contributed by atoms with Gasteiger partial charge >= 0.3 is 0 Å². The van der Waals surface area contributed by atoms with E-state index in [-0.39, 0.29) is 0 Å². The molecule has 8 nitrogen and oxygen atoms in total. The SMILES string of the molecule is C#CC(=O)Nc1cccc(-c2cccc3c(N)nc(Nc4ccc(N5CCN(C)CC5)cc4)nc23)c1. The Kier molecular flexibility index (Phi) is 6.39. The van der Waals surface area contributed by atoms with Crippen molar-refractivity contribution in [2.45, 2.75) is 0 Å². The van der Waals surface area contributed by atoms with Gasteiger partial charge in [-0.05, 0) is 61.0 Å². The summed E-state index contributed by atoms with van der Waals surface area (Å²) in [5, 5.41) is 6.73. The topological polar surface area (TPSA) is 99.4 Å². The van der Waals surface area contributed by atoms with E-state index in [4.69, 9.17) is 17.1 Å². The van der Waals surface area contributed by atoms with Crippen LogP contribution in [0.3, 0.4) is 0 Å². The third kappa shape index (κ3) is 4.92. The minimum absolute atomic E-state index is 0.384. The zero-order valence-corrected chi connectivity index (χ0v) is 20.0. The first-order valence-corrected chi connectivity index (χ1v) is 11.7. The lowest BCUT2D eigenvalue weighted by atomic mass is 10.0. The zero-order chi connectivity index (χ0) is 25.1. The number of anilines is 5. The van der Waals surface area contributed by atoms with E-state index in [2.05, 4.69) is 50.5 Å². The Balaban J connectivity index is 1.43. The van der Waals surface area contributed by atoms with E-state index in [0.717, 1.165) is 48.4 Å². The molecular weight excluding hydrogens is 450 g/mol. The van der Waals surface area contributed by atoms with Gasteiger partial charge < -0.3 is 26.2 Å². The number of hydrogen-bond donors (Lipinski definition) is 3. The van der Waals surface area contributed by atoms with E-state index in [9.17, 15) is 4.79 Å². The van der Waals surface area contributed by atoms with Crippen molar-refractivity contribution < 1.29 is 4.79 Å². The number of terminal acetylenes is 1. The molecule has 36 heavy (non-hydrogen) atoms. The van der Waals surface area contributed by atoms with Gasteiger partial charge in [0.15, 0.2) is 0 Å². The molecule has 0 spiro atoms. The summed E-state index contributed by atoms with van der Waals surface area (Å²) in [5.74, 6) is 2.36. The van der Waals surface area contributed by atoms with Crippen LogP contribution in [0.1, 0.15) is 0 Å². The first kappa shape index (κ1) is 23.1. The van der Waals surface area contributed by atoms with Gasteiger partial charge in [0.1, 0.15) is 5.82 Å². The van der Waals surface area contributed by atoms with Gasteiger partial charge in [0.05, 0.1) is 5.52 Å². The molecule has 1 fully saturated rings. The van der Waals surface area contributed by atoms with Crippen LogP contribution in [0.2, 0.25) is 0 Å².